The van der Waals surface area contributed by atoms with Gasteiger partial charge in [-0.3, -0.25) is 0 Å². The SMILES string of the molecule is FC(F)(F)Sc1ccc2c(c1)CCCC2. The highest BCUT2D eigenvalue weighted by Crippen LogP contribution is 2.38. The Kier molecular flexibility index (Phi) is 2.96. The lowest BCUT2D eigenvalue weighted by Crippen LogP contribution is -2.04. The van der Waals surface area contributed by atoms with Gasteiger partial charge in [-0.25, -0.2) is 0 Å². The van der Waals surface area contributed by atoms with Crippen LogP contribution in [0.5, 0.6) is 0 Å². The molecule has 0 amide bonds. The summed E-state index contributed by atoms with van der Waals surface area (Å²) in [5, 5.41) is 0. The molecule has 0 heterocycles. The number of alkyl halides is 3. The minimum absolute atomic E-state index is 0.0264. The predicted octanol–water partition coefficient (Wildman–Crippen LogP) is 4.18. The fourth-order valence-corrected chi connectivity index (χ4v) is 2.51. The molecular formula is C11H11F3S. The number of halogens is 3. The number of thioether (sulfide) groups is 1. The molecule has 1 aromatic rings. The number of rotatable bonds is 1. The van der Waals surface area contributed by atoms with Gasteiger partial charge in [0.05, 0.1) is 0 Å². The zero-order valence-corrected chi connectivity index (χ0v) is 8.92. The van der Waals surface area contributed by atoms with Crippen LogP contribution in [0.25, 0.3) is 0 Å². The topological polar surface area (TPSA) is 0 Å². The van der Waals surface area contributed by atoms with E-state index in [2.05, 4.69) is 0 Å². The first kappa shape index (κ1) is 10.9. The molecule has 0 saturated carbocycles. The summed E-state index contributed by atoms with van der Waals surface area (Å²) >= 11 is -0.0264. The fraction of sp³-hybridized carbons (Fsp3) is 0.455. The summed E-state index contributed by atoms with van der Waals surface area (Å²) in [7, 11) is 0. The van der Waals surface area contributed by atoms with Gasteiger partial charge in [0.25, 0.3) is 0 Å². The summed E-state index contributed by atoms with van der Waals surface area (Å²) in [6, 6.07) is 5.09. The number of aryl methyl sites for hydroxylation is 2. The average Bonchev–Trinajstić information content (AvgIpc) is 2.15. The Labute approximate surface area is 90.9 Å². The average molecular weight is 232 g/mol. The van der Waals surface area contributed by atoms with Crippen molar-refractivity contribution >= 4 is 11.8 Å². The third-order valence-corrected chi connectivity index (χ3v) is 3.27. The highest BCUT2D eigenvalue weighted by atomic mass is 32.2. The molecule has 0 unspecified atom stereocenters. The largest absolute Gasteiger partial charge is 0.446 e. The maximum absolute atomic E-state index is 12.1. The van der Waals surface area contributed by atoms with Crippen LogP contribution >= 0.6 is 11.8 Å². The van der Waals surface area contributed by atoms with Crippen molar-refractivity contribution in [2.45, 2.75) is 36.1 Å². The number of hydrogen-bond donors (Lipinski definition) is 0. The van der Waals surface area contributed by atoms with Gasteiger partial charge in [-0.2, -0.15) is 13.2 Å². The van der Waals surface area contributed by atoms with Crippen LogP contribution in [0.2, 0.25) is 0 Å². The minimum atomic E-state index is -4.18. The lowest BCUT2D eigenvalue weighted by Gasteiger charge is -2.16. The molecule has 1 aromatic carbocycles. The molecule has 0 fully saturated rings. The van der Waals surface area contributed by atoms with Gasteiger partial charge in [0.2, 0.25) is 0 Å². The van der Waals surface area contributed by atoms with E-state index >= 15 is 0 Å². The third kappa shape index (κ3) is 2.91. The van der Waals surface area contributed by atoms with Crippen molar-refractivity contribution in [1.29, 1.82) is 0 Å². The summed E-state index contributed by atoms with van der Waals surface area (Å²) in [5.41, 5.74) is -1.87. The van der Waals surface area contributed by atoms with Crippen LogP contribution in [-0.2, 0) is 12.8 Å². The first-order valence-electron chi connectivity index (χ1n) is 4.92. The molecule has 0 nitrogen and oxygen atoms in total. The van der Waals surface area contributed by atoms with Gasteiger partial charge in [0, 0.05) is 4.90 Å². The minimum Gasteiger partial charge on any atom is -0.160 e. The van der Waals surface area contributed by atoms with Crippen molar-refractivity contribution in [1.82, 2.24) is 0 Å². The molecule has 0 saturated heterocycles. The summed E-state index contributed by atoms with van der Waals surface area (Å²) in [5.74, 6) is 0. The summed E-state index contributed by atoms with van der Waals surface area (Å²) in [6.07, 6.45) is 4.17. The predicted molar refractivity (Wildman–Crippen MR) is 55.0 cm³/mol. The molecule has 1 aliphatic carbocycles. The number of fused-ring (bicyclic) bond motifs is 1. The van der Waals surface area contributed by atoms with E-state index in [0.717, 1.165) is 31.2 Å². The number of benzene rings is 1. The molecule has 1 aliphatic rings. The quantitative estimate of drug-likeness (QED) is 0.654. The van der Waals surface area contributed by atoms with Gasteiger partial charge in [-0.1, -0.05) is 6.07 Å². The highest BCUT2D eigenvalue weighted by molar-refractivity contribution is 8.00. The highest BCUT2D eigenvalue weighted by Gasteiger charge is 2.29. The molecule has 0 radical (unpaired) electrons. The molecule has 15 heavy (non-hydrogen) atoms. The van der Waals surface area contributed by atoms with E-state index in [1.165, 1.54) is 5.56 Å². The third-order valence-electron chi connectivity index (χ3n) is 2.55. The normalized spacial score (nSPS) is 16.2. The molecule has 0 aromatic heterocycles. The smallest absolute Gasteiger partial charge is 0.160 e. The molecule has 2 rings (SSSR count). The Morgan fingerprint density at radius 1 is 1.00 bits per heavy atom. The van der Waals surface area contributed by atoms with E-state index in [-0.39, 0.29) is 11.8 Å². The second kappa shape index (κ2) is 4.08. The van der Waals surface area contributed by atoms with Crippen LogP contribution in [0.3, 0.4) is 0 Å². The van der Waals surface area contributed by atoms with E-state index in [4.69, 9.17) is 0 Å². The molecular weight excluding hydrogens is 221 g/mol. The van der Waals surface area contributed by atoms with E-state index in [0.29, 0.717) is 4.90 Å². The summed E-state index contributed by atoms with van der Waals surface area (Å²) in [4.78, 5) is 0.308. The van der Waals surface area contributed by atoms with Crippen LogP contribution in [0, 0.1) is 0 Å². The van der Waals surface area contributed by atoms with E-state index in [1.807, 2.05) is 6.07 Å². The van der Waals surface area contributed by atoms with Gasteiger partial charge in [-0.05, 0) is 60.7 Å². The van der Waals surface area contributed by atoms with Crippen LogP contribution in [-0.4, -0.2) is 5.51 Å². The lowest BCUT2D eigenvalue weighted by atomic mass is 9.92. The zero-order chi connectivity index (χ0) is 10.9. The molecule has 0 N–H and O–H groups in total. The second-order valence-electron chi connectivity index (χ2n) is 3.69. The second-order valence-corrected chi connectivity index (χ2v) is 4.82. The maximum atomic E-state index is 12.1. The Hall–Kier alpha value is -0.640. The molecule has 0 atom stereocenters. The van der Waals surface area contributed by atoms with Gasteiger partial charge in [0.15, 0.2) is 0 Å². The van der Waals surface area contributed by atoms with Crippen LogP contribution in [0.1, 0.15) is 24.0 Å². The van der Waals surface area contributed by atoms with Crippen LogP contribution in [0.4, 0.5) is 13.2 Å². The van der Waals surface area contributed by atoms with Gasteiger partial charge in [-0.15, -0.1) is 0 Å². The van der Waals surface area contributed by atoms with Crippen molar-refractivity contribution in [3.8, 4) is 0 Å². The Balaban J connectivity index is 2.21. The Morgan fingerprint density at radius 2 is 1.67 bits per heavy atom. The van der Waals surface area contributed by atoms with Crippen molar-refractivity contribution in [3.63, 3.8) is 0 Å². The van der Waals surface area contributed by atoms with Crippen molar-refractivity contribution < 1.29 is 13.2 Å². The Bertz CT molecular complexity index is 357. The standard InChI is InChI=1S/C11H11F3S/c12-11(13,14)15-10-6-5-8-3-1-2-4-9(8)7-10/h5-7H,1-4H2. The van der Waals surface area contributed by atoms with Gasteiger partial charge < -0.3 is 0 Å². The van der Waals surface area contributed by atoms with E-state index < -0.39 is 5.51 Å². The van der Waals surface area contributed by atoms with Gasteiger partial charge in [0.1, 0.15) is 0 Å². The van der Waals surface area contributed by atoms with E-state index in [9.17, 15) is 13.2 Å². The van der Waals surface area contributed by atoms with Crippen molar-refractivity contribution in [3.05, 3.63) is 29.3 Å². The molecule has 82 valence electrons. The Morgan fingerprint density at radius 3 is 2.33 bits per heavy atom. The first-order valence-corrected chi connectivity index (χ1v) is 5.74. The molecule has 0 bridgehead atoms. The molecule has 4 heteroatoms. The van der Waals surface area contributed by atoms with Crippen LogP contribution < -0.4 is 0 Å². The fourth-order valence-electron chi connectivity index (χ4n) is 1.91. The molecule has 0 spiro atoms. The number of hydrogen-bond acceptors (Lipinski definition) is 1. The summed E-state index contributed by atoms with van der Waals surface area (Å²) < 4.78 is 36.4. The first-order chi connectivity index (χ1) is 7.04. The monoisotopic (exact) mass is 232 g/mol. The zero-order valence-electron chi connectivity index (χ0n) is 8.10. The van der Waals surface area contributed by atoms with Gasteiger partial charge >= 0.3 is 5.51 Å². The van der Waals surface area contributed by atoms with Crippen molar-refractivity contribution in [2.24, 2.45) is 0 Å². The molecule has 0 aliphatic heterocycles. The maximum Gasteiger partial charge on any atom is 0.446 e. The summed E-state index contributed by atoms with van der Waals surface area (Å²) in [6.45, 7) is 0. The lowest BCUT2D eigenvalue weighted by molar-refractivity contribution is -0.0328. The van der Waals surface area contributed by atoms with Crippen LogP contribution in [0.15, 0.2) is 23.1 Å². The van der Waals surface area contributed by atoms with E-state index in [1.54, 1.807) is 12.1 Å². The van der Waals surface area contributed by atoms with Crippen molar-refractivity contribution in [2.75, 3.05) is 0 Å².